The summed E-state index contributed by atoms with van der Waals surface area (Å²) < 4.78 is 0. The van der Waals surface area contributed by atoms with Crippen LogP contribution in [0.4, 0.5) is 5.69 Å². The molecule has 0 aliphatic carbocycles. The highest BCUT2D eigenvalue weighted by Crippen LogP contribution is 2.26. The molecule has 6 heteroatoms. The number of nitrogens with zero attached hydrogens (tertiary/aromatic N) is 2. The molecule has 1 unspecified atom stereocenters. The average Bonchev–Trinajstić information content (AvgIpc) is 2.97. The maximum atomic E-state index is 12.3. The molecular formula is C18H26ClN3O2. The summed E-state index contributed by atoms with van der Waals surface area (Å²) in [5.74, 6) is -0.318. The molecule has 2 amide bonds. The minimum Gasteiger partial charge on any atom is -0.356 e. The third-order valence-corrected chi connectivity index (χ3v) is 4.73. The number of anilines is 1. The predicted octanol–water partition coefficient (Wildman–Crippen LogP) is 2.54. The van der Waals surface area contributed by atoms with E-state index in [4.69, 9.17) is 11.6 Å². The Hall–Kier alpha value is -1.59. The van der Waals surface area contributed by atoms with Crippen molar-refractivity contribution in [1.29, 1.82) is 0 Å². The van der Waals surface area contributed by atoms with Crippen molar-refractivity contribution < 1.29 is 9.59 Å². The molecule has 1 fully saturated rings. The lowest BCUT2D eigenvalue weighted by Crippen LogP contribution is -2.35. The van der Waals surface area contributed by atoms with Gasteiger partial charge in [0.05, 0.1) is 5.92 Å². The summed E-state index contributed by atoms with van der Waals surface area (Å²) >= 11 is 5.88. The number of carbonyl (C=O) groups excluding carboxylic acids is 2. The van der Waals surface area contributed by atoms with Crippen molar-refractivity contribution in [2.45, 2.75) is 26.7 Å². The van der Waals surface area contributed by atoms with E-state index in [0.717, 1.165) is 31.7 Å². The number of benzene rings is 1. The maximum Gasteiger partial charge on any atom is 0.227 e. The van der Waals surface area contributed by atoms with Crippen LogP contribution >= 0.6 is 11.6 Å². The van der Waals surface area contributed by atoms with E-state index < -0.39 is 0 Å². The van der Waals surface area contributed by atoms with E-state index in [1.54, 1.807) is 17.0 Å². The van der Waals surface area contributed by atoms with E-state index in [1.165, 1.54) is 0 Å². The second kappa shape index (κ2) is 9.04. The minimum atomic E-state index is -0.276. The van der Waals surface area contributed by atoms with Crippen LogP contribution < -0.4 is 10.2 Å². The first kappa shape index (κ1) is 18.7. The summed E-state index contributed by atoms with van der Waals surface area (Å²) in [7, 11) is 0. The molecule has 0 bridgehead atoms. The van der Waals surface area contributed by atoms with Gasteiger partial charge in [-0.15, -0.1) is 0 Å². The first-order valence-corrected chi connectivity index (χ1v) is 8.99. The van der Waals surface area contributed by atoms with E-state index in [9.17, 15) is 9.59 Å². The molecule has 1 heterocycles. The van der Waals surface area contributed by atoms with Crippen LogP contribution in [0.25, 0.3) is 0 Å². The molecule has 1 aromatic rings. The largest absolute Gasteiger partial charge is 0.356 e. The second-order valence-electron chi connectivity index (χ2n) is 6.05. The number of rotatable bonds is 8. The van der Waals surface area contributed by atoms with Gasteiger partial charge >= 0.3 is 0 Å². The fraction of sp³-hybridized carbons (Fsp3) is 0.556. The third kappa shape index (κ3) is 4.95. The van der Waals surface area contributed by atoms with Gasteiger partial charge in [-0.3, -0.25) is 9.59 Å². The normalized spacial score (nSPS) is 17.6. The van der Waals surface area contributed by atoms with E-state index in [1.807, 2.05) is 12.1 Å². The molecule has 1 aliphatic heterocycles. The molecule has 0 aromatic heterocycles. The highest BCUT2D eigenvalue weighted by molar-refractivity contribution is 6.30. The minimum absolute atomic E-state index is 0.0133. The zero-order chi connectivity index (χ0) is 17.5. The lowest BCUT2D eigenvalue weighted by atomic mass is 10.1. The number of carbonyl (C=O) groups is 2. The van der Waals surface area contributed by atoms with Crippen LogP contribution in [0.5, 0.6) is 0 Å². The predicted molar refractivity (Wildman–Crippen MR) is 97.3 cm³/mol. The summed E-state index contributed by atoms with van der Waals surface area (Å²) in [5.41, 5.74) is 0.793. The number of amides is 2. The smallest absolute Gasteiger partial charge is 0.227 e. The Morgan fingerprint density at radius 1 is 1.29 bits per heavy atom. The Morgan fingerprint density at radius 2 is 1.96 bits per heavy atom. The average molecular weight is 352 g/mol. The van der Waals surface area contributed by atoms with Crippen LogP contribution in [0.3, 0.4) is 0 Å². The summed E-state index contributed by atoms with van der Waals surface area (Å²) in [6.45, 7) is 8.39. The van der Waals surface area contributed by atoms with Gasteiger partial charge in [0.25, 0.3) is 0 Å². The zero-order valence-corrected chi connectivity index (χ0v) is 15.2. The summed E-state index contributed by atoms with van der Waals surface area (Å²) in [6, 6.07) is 7.13. The van der Waals surface area contributed by atoms with Crippen molar-refractivity contribution >= 4 is 29.1 Å². The molecule has 1 N–H and O–H groups in total. The number of hydrogen-bond acceptors (Lipinski definition) is 3. The van der Waals surface area contributed by atoms with Crippen molar-refractivity contribution in [3.05, 3.63) is 29.3 Å². The van der Waals surface area contributed by atoms with E-state index in [-0.39, 0.29) is 24.2 Å². The molecule has 5 nitrogen and oxygen atoms in total. The van der Waals surface area contributed by atoms with Crippen LogP contribution in [-0.2, 0) is 9.59 Å². The topological polar surface area (TPSA) is 52.7 Å². The molecule has 1 aromatic carbocycles. The molecule has 0 radical (unpaired) electrons. The first-order chi connectivity index (χ1) is 11.5. The lowest BCUT2D eigenvalue weighted by molar-refractivity contribution is -0.126. The highest BCUT2D eigenvalue weighted by Gasteiger charge is 2.34. The van der Waals surface area contributed by atoms with Gasteiger partial charge in [-0.05, 0) is 50.3 Å². The van der Waals surface area contributed by atoms with Crippen LogP contribution in [0.2, 0.25) is 5.02 Å². The SMILES string of the molecule is CCN(CC)CCCNC(=O)C1CC(=O)N(c2ccc(Cl)cc2)C1. The number of halogens is 1. The molecule has 1 saturated heterocycles. The van der Waals surface area contributed by atoms with Crippen LogP contribution in [0.1, 0.15) is 26.7 Å². The highest BCUT2D eigenvalue weighted by atomic mass is 35.5. The standard InChI is InChI=1S/C18H26ClN3O2/c1-3-21(4-2)11-5-10-20-18(24)14-12-17(23)22(13-14)16-8-6-15(19)7-9-16/h6-9,14H,3-5,10-13H2,1-2H3,(H,20,24). The van der Waals surface area contributed by atoms with E-state index in [2.05, 4.69) is 24.1 Å². The van der Waals surface area contributed by atoms with Crippen LogP contribution in [-0.4, -0.2) is 49.4 Å². The van der Waals surface area contributed by atoms with E-state index >= 15 is 0 Å². The molecule has 0 saturated carbocycles. The van der Waals surface area contributed by atoms with Crippen LogP contribution in [0.15, 0.2) is 24.3 Å². The summed E-state index contributed by atoms with van der Waals surface area (Å²) in [4.78, 5) is 28.4. The lowest BCUT2D eigenvalue weighted by Gasteiger charge is -2.18. The second-order valence-corrected chi connectivity index (χ2v) is 6.49. The fourth-order valence-electron chi connectivity index (χ4n) is 2.95. The first-order valence-electron chi connectivity index (χ1n) is 8.61. The third-order valence-electron chi connectivity index (χ3n) is 4.48. The van der Waals surface area contributed by atoms with Crippen molar-refractivity contribution in [3.63, 3.8) is 0 Å². The monoisotopic (exact) mass is 351 g/mol. The van der Waals surface area contributed by atoms with Gasteiger partial charge in [-0.25, -0.2) is 0 Å². The molecular weight excluding hydrogens is 326 g/mol. The number of hydrogen-bond donors (Lipinski definition) is 1. The maximum absolute atomic E-state index is 12.3. The summed E-state index contributed by atoms with van der Waals surface area (Å²) in [5, 5.41) is 3.60. The molecule has 24 heavy (non-hydrogen) atoms. The Labute approximate surface area is 149 Å². The molecule has 1 aliphatic rings. The molecule has 0 spiro atoms. The van der Waals surface area contributed by atoms with Gasteiger partial charge < -0.3 is 15.1 Å². The van der Waals surface area contributed by atoms with Crippen molar-refractivity contribution in [1.82, 2.24) is 10.2 Å². The van der Waals surface area contributed by atoms with Gasteiger partial charge in [0.2, 0.25) is 11.8 Å². The van der Waals surface area contributed by atoms with Gasteiger partial charge in [0.1, 0.15) is 0 Å². The van der Waals surface area contributed by atoms with Gasteiger partial charge in [0, 0.05) is 30.2 Å². The van der Waals surface area contributed by atoms with Gasteiger partial charge in [-0.2, -0.15) is 0 Å². The molecule has 132 valence electrons. The Morgan fingerprint density at radius 3 is 2.58 bits per heavy atom. The van der Waals surface area contributed by atoms with Gasteiger partial charge in [-0.1, -0.05) is 25.4 Å². The fourth-order valence-corrected chi connectivity index (χ4v) is 3.08. The summed E-state index contributed by atoms with van der Waals surface area (Å²) in [6.07, 6.45) is 1.19. The zero-order valence-electron chi connectivity index (χ0n) is 14.4. The van der Waals surface area contributed by atoms with Crippen molar-refractivity contribution in [2.24, 2.45) is 5.92 Å². The Kier molecular flexibility index (Phi) is 7.06. The number of nitrogens with one attached hydrogen (secondary N) is 1. The Bertz CT molecular complexity index is 558. The Balaban J connectivity index is 1.80. The van der Waals surface area contributed by atoms with E-state index in [0.29, 0.717) is 18.1 Å². The van der Waals surface area contributed by atoms with Gasteiger partial charge in [0.15, 0.2) is 0 Å². The van der Waals surface area contributed by atoms with Crippen molar-refractivity contribution in [3.8, 4) is 0 Å². The molecule has 1 atom stereocenters. The van der Waals surface area contributed by atoms with Crippen LogP contribution in [0, 0.1) is 5.92 Å². The van der Waals surface area contributed by atoms with Crippen molar-refractivity contribution in [2.75, 3.05) is 37.6 Å². The molecule has 2 rings (SSSR count). The quantitative estimate of drug-likeness (QED) is 0.732.